The van der Waals surface area contributed by atoms with Crippen molar-refractivity contribution in [2.45, 2.75) is 32.8 Å². The molecule has 0 aliphatic carbocycles. The first-order chi connectivity index (χ1) is 9.94. The van der Waals surface area contributed by atoms with Crippen LogP contribution in [0.4, 0.5) is 11.6 Å². The van der Waals surface area contributed by atoms with E-state index in [1.54, 1.807) is 6.33 Å². The van der Waals surface area contributed by atoms with Gasteiger partial charge in [0.1, 0.15) is 18.0 Å². The second-order valence-electron chi connectivity index (χ2n) is 6.20. The number of aliphatic hydroxyl groups is 1. The number of nitrogens with one attached hydrogen (secondary N) is 1. The van der Waals surface area contributed by atoms with Crippen molar-refractivity contribution in [3.8, 4) is 0 Å². The molecule has 6 nitrogen and oxygen atoms in total. The molecule has 0 radical (unpaired) electrons. The van der Waals surface area contributed by atoms with E-state index in [0.717, 1.165) is 44.2 Å². The molecule has 0 bridgehead atoms. The molecule has 6 heteroatoms. The first-order valence-electron chi connectivity index (χ1n) is 7.66. The monoisotopic (exact) mass is 293 g/mol. The zero-order valence-electron chi connectivity index (χ0n) is 13.6. The summed E-state index contributed by atoms with van der Waals surface area (Å²) in [5.41, 5.74) is 0.543. The normalized spacial score (nSPS) is 17.1. The lowest BCUT2D eigenvalue weighted by molar-refractivity contribution is 0.0344. The molecular weight excluding hydrogens is 266 g/mol. The summed E-state index contributed by atoms with van der Waals surface area (Å²) >= 11 is 0. The number of anilines is 2. The van der Waals surface area contributed by atoms with Crippen LogP contribution in [0.1, 0.15) is 26.3 Å². The summed E-state index contributed by atoms with van der Waals surface area (Å²) in [5.74, 6) is 1.96. The van der Waals surface area contributed by atoms with Gasteiger partial charge in [-0.3, -0.25) is 4.90 Å². The maximum absolute atomic E-state index is 9.92. The Bertz CT molecular complexity index is 464. The van der Waals surface area contributed by atoms with Gasteiger partial charge in [-0.05, 0) is 20.3 Å². The van der Waals surface area contributed by atoms with Crippen LogP contribution in [0.3, 0.4) is 0 Å². The number of nitrogens with zero attached hydrogens (tertiary/aromatic N) is 4. The zero-order chi connectivity index (χ0) is 15.5. The summed E-state index contributed by atoms with van der Waals surface area (Å²) in [6.07, 6.45) is 2.54. The minimum Gasteiger partial charge on any atom is -0.389 e. The van der Waals surface area contributed by atoms with Crippen LogP contribution in [0.5, 0.6) is 0 Å². The fourth-order valence-electron chi connectivity index (χ4n) is 2.88. The maximum Gasteiger partial charge on any atom is 0.137 e. The molecule has 0 saturated carbocycles. The third-order valence-corrected chi connectivity index (χ3v) is 3.80. The first-order valence-corrected chi connectivity index (χ1v) is 7.66. The Morgan fingerprint density at radius 3 is 2.43 bits per heavy atom. The third kappa shape index (κ3) is 4.04. The van der Waals surface area contributed by atoms with Crippen LogP contribution in [-0.4, -0.2) is 65.3 Å². The van der Waals surface area contributed by atoms with Crippen LogP contribution in [0, 0.1) is 0 Å². The molecule has 0 aromatic carbocycles. The molecule has 0 amide bonds. The van der Waals surface area contributed by atoms with E-state index in [1.165, 1.54) is 5.56 Å². The van der Waals surface area contributed by atoms with Gasteiger partial charge in [0.05, 0.1) is 5.60 Å². The van der Waals surface area contributed by atoms with E-state index in [2.05, 4.69) is 32.0 Å². The van der Waals surface area contributed by atoms with Crippen molar-refractivity contribution in [1.82, 2.24) is 14.9 Å². The molecule has 118 valence electrons. The summed E-state index contributed by atoms with van der Waals surface area (Å²) in [4.78, 5) is 13.4. The van der Waals surface area contributed by atoms with Gasteiger partial charge >= 0.3 is 0 Å². The number of hydrogen-bond donors (Lipinski definition) is 2. The van der Waals surface area contributed by atoms with Crippen molar-refractivity contribution in [3.63, 3.8) is 0 Å². The lowest BCUT2D eigenvalue weighted by Crippen LogP contribution is -2.51. The minimum absolute atomic E-state index is 0.634. The zero-order valence-corrected chi connectivity index (χ0v) is 13.6. The highest BCUT2D eigenvalue weighted by molar-refractivity contribution is 5.58. The minimum atomic E-state index is -0.634. The molecule has 21 heavy (non-hydrogen) atoms. The Hall–Kier alpha value is -1.40. The number of β-amino-alcohol motifs (C(OH)–C–C–N with tert-alkyl or cyclic N) is 1. The number of aromatic nitrogens is 2. The van der Waals surface area contributed by atoms with Crippen LogP contribution >= 0.6 is 0 Å². The Kier molecular flexibility index (Phi) is 5.00. The summed E-state index contributed by atoms with van der Waals surface area (Å²) < 4.78 is 0. The van der Waals surface area contributed by atoms with Gasteiger partial charge in [0.15, 0.2) is 0 Å². The molecule has 1 aliphatic heterocycles. The summed E-state index contributed by atoms with van der Waals surface area (Å²) in [6, 6.07) is 0. The number of hydrogen-bond acceptors (Lipinski definition) is 6. The molecular formula is C15H27N5O. The quantitative estimate of drug-likeness (QED) is 0.843. The Labute approximate surface area is 127 Å². The lowest BCUT2D eigenvalue weighted by Gasteiger charge is -2.38. The summed E-state index contributed by atoms with van der Waals surface area (Å²) in [5, 5.41) is 13.1. The molecule has 2 N–H and O–H groups in total. The van der Waals surface area contributed by atoms with Crippen molar-refractivity contribution < 1.29 is 5.11 Å². The highest BCUT2D eigenvalue weighted by Crippen LogP contribution is 2.24. The van der Waals surface area contributed by atoms with Crippen LogP contribution in [0.15, 0.2) is 6.33 Å². The SMILES string of the molecule is CCc1c(NC)ncnc1N1CCN(CC(C)(C)O)CC1. The smallest absolute Gasteiger partial charge is 0.137 e. The molecule has 1 saturated heterocycles. The molecule has 0 unspecified atom stereocenters. The van der Waals surface area contributed by atoms with Crippen molar-refractivity contribution in [2.24, 2.45) is 0 Å². The second kappa shape index (κ2) is 6.58. The van der Waals surface area contributed by atoms with Gasteiger partial charge in [-0.2, -0.15) is 0 Å². The predicted octanol–water partition coefficient (Wildman–Crippen LogP) is 0.974. The fraction of sp³-hybridized carbons (Fsp3) is 0.733. The second-order valence-corrected chi connectivity index (χ2v) is 6.20. The molecule has 1 aliphatic rings. The molecule has 0 atom stereocenters. The number of rotatable bonds is 5. The van der Waals surface area contributed by atoms with E-state index >= 15 is 0 Å². The molecule has 1 fully saturated rings. The largest absolute Gasteiger partial charge is 0.389 e. The van der Waals surface area contributed by atoms with Crippen molar-refractivity contribution in [2.75, 3.05) is 50.0 Å². The average Bonchev–Trinajstić information content (AvgIpc) is 2.45. The Morgan fingerprint density at radius 2 is 1.90 bits per heavy atom. The predicted molar refractivity (Wildman–Crippen MR) is 85.9 cm³/mol. The van der Waals surface area contributed by atoms with E-state index in [9.17, 15) is 5.11 Å². The maximum atomic E-state index is 9.92. The van der Waals surface area contributed by atoms with E-state index in [1.807, 2.05) is 20.9 Å². The van der Waals surface area contributed by atoms with Gasteiger partial charge in [0.2, 0.25) is 0 Å². The van der Waals surface area contributed by atoms with Gasteiger partial charge in [0.25, 0.3) is 0 Å². The van der Waals surface area contributed by atoms with Crippen molar-refractivity contribution in [1.29, 1.82) is 0 Å². The highest BCUT2D eigenvalue weighted by atomic mass is 16.3. The van der Waals surface area contributed by atoms with Crippen LogP contribution in [0.25, 0.3) is 0 Å². The van der Waals surface area contributed by atoms with Crippen molar-refractivity contribution >= 4 is 11.6 Å². The van der Waals surface area contributed by atoms with Crippen LogP contribution < -0.4 is 10.2 Å². The van der Waals surface area contributed by atoms with E-state index in [0.29, 0.717) is 6.54 Å². The molecule has 1 aromatic rings. The lowest BCUT2D eigenvalue weighted by atomic mass is 10.1. The first kappa shape index (κ1) is 16.0. The van der Waals surface area contributed by atoms with Gasteiger partial charge in [-0.15, -0.1) is 0 Å². The van der Waals surface area contributed by atoms with Crippen LogP contribution in [0.2, 0.25) is 0 Å². The summed E-state index contributed by atoms with van der Waals surface area (Å²) in [7, 11) is 1.90. The van der Waals surface area contributed by atoms with Gasteiger partial charge < -0.3 is 15.3 Å². The summed E-state index contributed by atoms with van der Waals surface area (Å²) in [6.45, 7) is 10.3. The van der Waals surface area contributed by atoms with Crippen molar-refractivity contribution in [3.05, 3.63) is 11.9 Å². The molecule has 0 spiro atoms. The Balaban J connectivity index is 2.06. The topological polar surface area (TPSA) is 64.5 Å². The van der Waals surface area contributed by atoms with Gasteiger partial charge in [-0.1, -0.05) is 6.92 Å². The average molecular weight is 293 g/mol. The van der Waals surface area contributed by atoms with Crippen LogP contribution in [-0.2, 0) is 6.42 Å². The molecule has 1 aromatic heterocycles. The van der Waals surface area contributed by atoms with E-state index < -0.39 is 5.60 Å². The van der Waals surface area contributed by atoms with E-state index in [4.69, 9.17) is 0 Å². The standard InChI is InChI=1S/C15H27N5O/c1-5-12-13(16-4)17-11-18-14(12)20-8-6-19(7-9-20)10-15(2,3)21/h11,21H,5-10H2,1-4H3,(H,16,17,18). The Morgan fingerprint density at radius 1 is 1.24 bits per heavy atom. The van der Waals surface area contributed by atoms with E-state index in [-0.39, 0.29) is 0 Å². The van der Waals surface area contributed by atoms with Gasteiger partial charge in [-0.25, -0.2) is 9.97 Å². The molecule has 2 heterocycles. The van der Waals surface area contributed by atoms with Gasteiger partial charge in [0, 0.05) is 45.3 Å². The number of piperazine rings is 1. The molecule has 2 rings (SSSR count). The third-order valence-electron chi connectivity index (χ3n) is 3.80. The fourth-order valence-corrected chi connectivity index (χ4v) is 2.88. The highest BCUT2D eigenvalue weighted by Gasteiger charge is 2.24.